The lowest BCUT2D eigenvalue weighted by Crippen LogP contribution is -2.57. The molecule has 1 aliphatic rings. The third-order valence-electron chi connectivity index (χ3n) is 2.64. The van der Waals surface area contributed by atoms with Crippen molar-refractivity contribution in [3.8, 4) is 0 Å². The van der Waals surface area contributed by atoms with Crippen LogP contribution in [-0.4, -0.2) is 48.6 Å². The van der Waals surface area contributed by atoms with Crippen molar-refractivity contribution in [1.82, 2.24) is 10.2 Å². The Bertz CT molecular complexity index is 289. The minimum absolute atomic E-state index is 0.0113. The quantitative estimate of drug-likeness (QED) is 0.779. The molecule has 1 fully saturated rings. The normalized spacial score (nSPS) is 20.8. The average Bonchev–Trinajstić information content (AvgIpc) is 2.27. The number of rotatable bonds is 3. The van der Waals surface area contributed by atoms with Crippen molar-refractivity contribution in [1.29, 1.82) is 0 Å². The molecule has 1 aliphatic heterocycles. The fourth-order valence-electron chi connectivity index (χ4n) is 1.80. The number of nitrogens with one attached hydrogen (secondary N) is 1. The molecular weight excluding hydrogens is 220 g/mol. The molecule has 0 aliphatic carbocycles. The van der Waals surface area contributed by atoms with Gasteiger partial charge in [-0.1, -0.05) is 13.8 Å². The van der Waals surface area contributed by atoms with Gasteiger partial charge in [-0.2, -0.15) is 0 Å². The highest BCUT2D eigenvalue weighted by atomic mass is 16.5. The molecule has 17 heavy (non-hydrogen) atoms. The van der Waals surface area contributed by atoms with Crippen LogP contribution in [0.4, 0.5) is 0 Å². The first-order valence-electron chi connectivity index (χ1n) is 6.12. The lowest BCUT2D eigenvalue weighted by molar-refractivity contribution is -0.151. The van der Waals surface area contributed by atoms with Crippen LogP contribution in [0, 0.1) is 5.92 Å². The molecule has 0 aromatic rings. The van der Waals surface area contributed by atoms with E-state index < -0.39 is 6.04 Å². The summed E-state index contributed by atoms with van der Waals surface area (Å²) in [5, 5.41) is 2.82. The molecule has 0 aromatic carbocycles. The van der Waals surface area contributed by atoms with E-state index in [0.717, 1.165) is 0 Å². The highest BCUT2D eigenvalue weighted by molar-refractivity contribution is 5.88. The van der Waals surface area contributed by atoms with E-state index in [9.17, 15) is 9.59 Å². The van der Waals surface area contributed by atoms with E-state index in [1.54, 1.807) is 4.90 Å². The number of carbonyl (C=O) groups is 2. The highest BCUT2D eigenvalue weighted by Crippen LogP contribution is 2.12. The minimum atomic E-state index is -0.485. The predicted octanol–water partition coefficient (Wildman–Crippen LogP) is 0.394. The van der Waals surface area contributed by atoms with Crippen LogP contribution in [0.15, 0.2) is 0 Å². The van der Waals surface area contributed by atoms with E-state index in [4.69, 9.17) is 4.74 Å². The molecule has 1 saturated heterocycles. The van der Waals surface area contributed by atoms with Crippen LogP contribution < -0.4 is 5.32 Å². The maximum Gasteiger partial charge on any atom is 0.245 e. The first-order valence-corrected chi connectivity index (χ1v) is 6.12. The molecule has 5 heteroatoms. The van der Waals surface area contributed by atoms with E-state index in [1.807, 2.05) is 27.7 Å². The lowest BCUT2D eigenvalue weighted by Gasteiger charge is -2.36. The Hall–Kier alpha value is -1.10. The van der Waals surface area contributed by atoms with E-state index in [2.05, 4.69) is 5.32 Å². The smallest absolute Gasteiger partial charge is 0.245 e. The molecule has 1 atom stereocenters. The zero-order valence-electron chi connectivity index (χ0n) is 11.0. The van der Waals surface area contributed by atoms with Crippen LogP contribution in [0.3, 0.4) is 0 Å². The minimum Gasteiger partial charge on any atom is -0.377 e. The third kappa shape index (κ3) is 3.70. The second kappa shape index (κ2) is 6.00. The largest absolute Gasteiger partial charge is 0.377 e. The summed E-state index contributed by atoms with van der Waals surface area (Å²) in [5.41, 5.74) is 0. The van der Waals surface area contributed by atoms with Crippen LogP contribution in [0.2, 0.25) is 0 Å². The first-order chi connectivity index (χ1) is 7.93. The van der Waals surface area contributed by atoms with Crippen LogP contribution in [0.1, 0.15) is 27.7 Å². The van der Waals surface area contributed by atoms with Crippen molar-refractivity contribution < 1.29 is 14.3 Å². The van der Waals surface area contributed by atoms with Gasteiger partial charge in [0, 0.05) is 18.5 Å². The van der Waals surface area contributed by atoms with Crippen molar-refractivity contribution in [2.24, 2.45) is 5.92 Å². The van der Waals surface area contributed by atoms with Gasteiger partial charge in [0.25, 0.3) is 0 Å². The zero-order chi connectivity index (χ0) is 13.0. The molecule has 1 N–H and O–H groups in total. The maximum absolute atomic E-state index is 12.0. The maximum atomic E-state index is 12.0. The number of carbonyl (C=O) groups excluding carboxylic acids is 2. The molecule has 0 bridgehead atoms. The summed E-state index contributed by atoms with van der Waals surface area (Å²) in [4.78, 5) is 25.6. The average molecular weight is 242 g/mol. The van der Waals surface area contributed by atoms with Gasteiger partial charge in [-0.3, -0.25) is 9.59 Å². The lowest BCUT2D eigenvalue weighted by atomic mass is 10.1. The van der Waals surface area contributed by atoms with Crippen LogP contribution >= 0.6 is 0 Å². The van der Waals surface area contributed by atoms with E-state index in [0.29, 0.717) is 13.2 Å². The number of nitrogens with zero attached hydrogens (tertiary/aromatic N) is 1. The molecule has 0 aromatic heterocycles. The van der Waals surface area contributed by atoms with Gasteiger partial charge in [0.15, 0.2) is 0 Å². The molecule has 5 nitrogen and oxygen atoms in total. The Morgan fingerprint density at radius 2 is 1.94 bits per heavy atom. The van der Waals surface area contributed by atoms with Crippen LogP contribution in [0.25, 0.3) is 0 Å². The van der Waals surface area contributed by atoms with Gasteiger partial charge in [-0.25, -0.2) is 0 Å². The number of hydrogen-bond acceptors (Lipinski definition) is 3. The Labute approximate surface area is 102 Å². The standard InChI is InChI=1S/C12H22N2O3/c1-8(2)12(16)14-5-6-17-7-10(14)11(15)13-9(3)4/h8-10H,5-7H2,1-4H3,(H,13,15). The van der Waals surface area contributed by atoms with Gasteiger partial charge >= 0.3 is 0 Å². The molecule has 0 spiro atoms. The number of amides is 2. The Morgan fingerprint density at radius 1 is 1.29 bits per heavy atom. The Balaban J connectivity index is 2.72. The van der Waals surface area contributed by atoms with E-state index >= 15 is 0 Å². The third-order valence-corrected chi connectivity index (χ3v) is 2.64. The Morgan fingerprint density at radius 3 is 2.47 bits per heavy atom. The Kier molecular flexibility index (Phi) is 4.93. The van der Waals surface area contributed by atoms with Crippen molar-refractivity contribution in [3.63, 3.8) is 0 Å². The van der Waals surface area contributed by atoms with Crippen molar-refractivity contribution in [3.05, 3.63) is 0 Å². The number of ether oxygens (including phenoxy) is 1. The number of hydrogen-bond donors (Lipinski definition) is 1. The SMILES string of the molecule is CC(C)NC(=O)C1COCCN1C(=O)C(C)C. The summed E-state index contributed by atoms with van der Waals surface area (Å²) in [6.45, 7) is 8.77. The summed E-state index contributed by atoms with van der Waals surface area (Å²) in [5.74, 6) is -0.214. The molecule has 0 radical (unpaired) electrons. The van der Waals surface area contributed by atoms with Crippen LogP contribution in [-0.2, 0) is 14.3 Å². The second-order valence-corrected chi connectivity index (χ2v) is 4.94. The first kappa shape index (κ1) is 14.0. The molecule has 0 saturated carbocycles. The van der Waals surface area contributed by atoms with Crippen molar-refractivity contribution >= 4 is 11.8 Å². The number of morpholine rings is 1. The van der Waals surface area contributed by atoms with Crippen molar-refractivity contribution in [2.75, 3.05) is 19.8 Å². The molecular formula is C12H22N2O3. The predicted molar refractivity (Wildman–Crippen MR) is 64.4 cm³/mol. The summed E-state index contributed by atoms with van der Waals surface area (Å²) in [6.07, 6.45) is 0. The van der Waals surface area contributed by atoms with Gasteiger partial charge in [0.2, 0.25) is 11.8 Å². The molecule has 98 valence electrons. The molecule has 1 unspecified atom stereocenters. The fraction of sp³-hybridized carbons (Fsp3) is 0.833. The molecule has 2 amide bonds. The van der Waals surface area contributed by atoms with Gasteiger partial charge in [-0.05, 0) is 13.8 Å². The highest BCUT2D eigenvalue weighted by Gasteiger charge is 2.33. The van der Waals surface area contributed by atoms with Gasteiger partial charge in [0.05, 0.1) is 13.2 Å². The van der Waals surface area contributed by atoms with Crippen molar-refractivity contribution in [2.45, 2.75) is 39.8 Å². The monoisotopic (exact) mass is 242 g/mol. The summed E-state index contributed by atoms with van der Waals surface area (Å²) in [7, 11) is 0. The van der Waals surface area contributed by atoms with E-state index in [1.165, 1.54) is 0 Å². The summed E-state index contributed by atoms with van der Waals surface area (Å²) < 4.78 is 5.29. The van der Waals surface area contributed by atoms with Crippen LogP contribution in [0.5, 0.6) is 0 Å². The topological polar surface area (TPSA) is 58.6 Å². The van der Waals surface area contributed by atoms with Gasteiger partial charge in [-0.15, -0.1) is 0 Å². The zero-order valence-corrected chi connectivity index (χ0v) is 11.0. The summed E-state index contributed by atoms with van der Waals surface area (Å²) >= 11 is 0. The van der Waals surface area contributed by atoms with Gasteiger partial charge < -0.3 is 15.0 Å². The summed E-state index contributed by atoms with van der Waals surface area (Å²) in [6, 6.07) is -0.415. The fourth-order valence-corrected chi connectivity index (χ4v) is 1.80. The second-order valence-electron chi connectivity index (χ2n) is 4.94. The molecule has 1 heterocycles. The van der Waals surface area contributed by atoms with Gasteiger partial charge in [0.1, 0.15) is 6.04 Å². The molecule has 1 rings (SSSR count). The van der Waals surface area contributed by atoms with E-state index in [-0.39, 0.29) is 30.4 Å².